The second-order valence-corrected chi connectivity index (χ2v) is 13.9. The maximum absolute atomic E-state index is 11.8. The van der Waals surface area contributed by atoms with Crippen molar-refractivity contribution in [1.82, 2.24) is 0 Å². The van der Waals surface area contributed by atoms with Crippen LogP contribution in [-0.2, 0) is 30.4 Å². The Hall–Kier alpha value is -5.05. The van der Waals surface area contributed by atoms with Crippen LogP contribution in [0.4, 0.5) is 28.4 Å². The van der Waals surface area contributed by atoms with E-state index in [4.69, 9.17) is 22.3 Å². The number of nitrogens with zero attached hydrogens (tertiary/aromatic N) is 2. The molecule has 0 bridgehead atoms. The van der Waals surface area contributed by atoms with Crippen LogP contribution in [0, 0.1) is 6.92 Å². The second kappa shape index (κ2) is 12.0. The van der Waals surface area contributed by atoms with Crippen molar-refractivity contribution < 1.29 is 49.1 Å². The summed E-state index contributed by atoms with van der Waals surface area (Å²) >= 11 is 0. The fraction of sp³-hybridized carbons (Fsp3) is 0.0370. The van der Waals surface area contributed by atoms with E-state index < -0.39 is 61.9 Å². The number of phenolic OH excluding ortho intramolecular Hbond substituents is 2. The molecule has 16 nitrogen and oxygen atoms in total. The predicted octanol–water partition coefficient (Wildman–Crippen LogP) is 4.30. The Kier molecular flexibility index (Phi) is 8.86. The molecule has 5 aromatic rings. The van der Waals surface area contributed by atoms with Gasteiger partial charge >= 0.3 is 0 Å². The zero-order chi connectivity index (χ0) is 34.4. The molecule has 0 saturated carbocycles. The van der Waals surface area contributed by atoms with Gasteiger partial charge in [0, 0.05) is 21.8 Å². The lowest BCUT2D eigenvalue weighted by atomic mass is 10.1. The molecule has 0 amide bonds. The van der Waals surface area contributed by atoms with Crippen LogP contribution in [0.5, 0.6) is 11.5 Å². The molecule has 0 aliphatic carbocycles. The summed E-state index contributed by atoms with van der Waals surface area (Å²) in [6, 6.07) is 14.2. The molecule has 0 aromatic heterocycles. The lowest BCUT2D eigenvalue weighted by molar-refractivity contribution is 0.477. The van der Waals surface area contributed by atoms with E-state index in [1.54, 1.807) is 12.1 Å². The number of benzene rings is 5. The standard InChI is InChI=1S/C20H16N4O10S3.C7H9NO/c21-13-4-6-14(12-7-9(35(26,27)28)1-2-10(12)13)23-24-15-5-3-11-16(36(29,30)31)8-17(37(32,33)34)19(22)18(11)20(15)25;1-5-2-3-6(8)7(9)4-5/h1-8,25H,21-22H2,(H,26,27,28)(H,29,30,31)(H,32,33,34);2-4,9H,8H2,1H3. The van der Waals surface area contributed by atoms with E-state index in [9.17, 15) is 44.0 Å². The molecule has 0 aliphatic rings. The highest BCUT2D eigenvalue weighted by Crippen LogP contribution is 2.44. The number of aryl methyl sites for hydroxylation is 1. The summed E-state index contributed by atoms with van der Waals surface area (Å²) in [7, 11) is -14.7. The average Bonchev–Trinajstić information content (AvgIpc) is 2.94. The third kappa shape index (κ3) is 6.93. The van der Waals surface area contributed by atoms with E-state index in [0.29, 0.717) is 17.1 Å². The summed E-state index contributed by atoms with van der Waals surface area (Å²) in [5.41, 5.74) is 17.7. The molecular formula is C27H25N5O11S3. The van der Waals surface area contributed by atoms with Gasteiger partial charge in [0.1, 0.15) is 21.2 Å². The molecule has 19 heteroatoms. The second-order valence-electron chi connectivity index (χ2n) is 9.71. The van der Waals surface area contributed by atoms with E-state index in [-0.39, 0.29) is 33.6 Å². The molecule has 0 saturated heterocycles. The highest BCUT2D eigenvalue weighted by molar-refractivity contribution is 7.87. The fourth-order valence-electron chi connectivity index (χ4n) is 4.31. The van der Waals surface area contributed by atoms with Crippen LogP contribution in [0.15, 0.2) is 91.6 Å². The predicted molar refractivity (Wildman–Crippen MR) is 169 cm³/mol. The quantitative estimate of drug-likeness (QED) is 0.0551. The Bertz CT molecular complexity index is 2410. The van der Waals surface area contributed by atoms with Gasteiger partial charge < -0.3 is 27.4 Å². The maximum Gasteiger partial charge on any atom is 0.296 e. The number of fused-ring (bicyclic) bond motifs is 2. The molecule has 0 atom stereocenters. The van der Waals surface area contributed by atoms with E-state index >= 15 is 0 Å². The van der Waals surface area contributed by atoms with Gasteiger partial charge in [0.25, 0.3) is 30.4 Å². The molecule has 0 unspecified atom stereocenters. The Balaban J connectivity index is 0.000000459. The molecule has 0 fully saturated rings. The number of azo groups is 1. The van der Waals surface area contributed by atoms with Crippen molar-refractivity contribution in [3.05, 3.63) is 72.3 Å². The van der Waals surface area contributed by atoms with Gasteiger partial charge in [-0.1, -0.05) is 18.2 Å². The smallest absolute Gasteiger partial charge is 0.296 e. The third-order valence-electron chi connectivity index (χ3n) is 6.52. The molecule has 5 aromatic carbocycles. The summed E-state index contributed by atoms with van der Waals surface area (Å²) in [6.07, 6.45) is 0. The van der Waals surface area contributed by atoms with Crippen molar-refractivity contribution in [3.8, 4) is 11.5 Å². The lowest BCUT2D eigenvalue weighted by Crippen LogP contribution is -2.08. The molecule has 5 rings (SSSR count). The highest BCUT2D eigenvalue weighted by atomic mass is 32.2. The molecule has 0 aliphatic heterocycles. The van der Waals surface area contributed by atoms with Gasteiger partial charge in [-0.3, -0.25) is 13.7 Å². The molecule has 0 spiro atoms. The minimum absolute atomic E-state index is 0.0486. The van der Waals surface area contributed by atoms with E-state index in [0.717, 1.165) is 29.8 Å². The largest absolute Gasteiger partial charge is 0.506 e. The van der Waals surface area contributed by atoms with Crippen LogP contribution in [-0.4, -0.2) is 49.1 Å². The van der Waals surface area contributed by atoms with Crippen LogP contribution in [0.1, 0.15) is 5.56 Å². The minimum Gasteiger partial charge on any atom is -0.506 e. The van der Waals surface area contributed by atoms with Crippen molar-refractivity contribution in [1.29, 1.82) is 0 Å². The van der Waals surface area contributed by atoms with Crippen LogP contribution in [0.3, 0.4) is 0 Å². The van der Waals surface area contributed by atoms with Crippen molar-refractivity contribution in [2.24, 2.45) is 10.2 Å². The van der Waals surface area contributed by atoms with Crippen molar-refractivity contribution in [2.45, 2.75) is 21.6 Å². The number of rotatable bonds is 5. The molecule has 11 N–H and O–H groups in total. The number of nitrogen functional groups attached to an aromatic ring is 3. The van der Waals surface area contributed by atoms with Gasteiger partial charge in [0.05, 0.1) is 27.3 Å². The van der Waals surface area contributed by atoms with Gasteiger partial charge in [0.2, 0.25) is 0 Å². The Morgan fingerprint density at radius 1 is 0.587 bits per heavy atom. The normalized spacial score (nSPS) is 12.3. The number of hydrogen-bond acceptors (Lipinski definition) is 13. The molecule has 0 heterocycles. The number of nitrogens with two attached hydrogens (primary N) is 3. The molecule has 0 radical (unpaired) electrons. The van der Waals surface area contributed by atoms with Gasteiger partial charge in [-0.05, 0) is 61.0 Å². The van der Waals surface area contributed by atoms with Crippen molar-refractivity contribution in [3.63, 3.8) is 0 Å². The minimum atomic E-state index is -5.08. The summed E-state index contributed by atoms with van der Waals surface area (Å²) in [4.78, 5) is -2.48. The number of anilines is 3. The van der Waals surface area contributed by atoms with E-state index in [2.05, 4.69) is 10.2 Å². The SMILES string of the molecule is Cc1ccc(N)c(O)c1.Nc1ccc(N=Nc2ccc3c(S(=O)(=O)O)cc(S(=O)(=O)O)c(N)c3c2O)c2cc(S(=O)(=O)O)ccc12. The van der Waals surface area contributed by atoms with Crippen LogP contribution >= 0.6 is 0 Å². The van der Waals surface area contributed by atoms with Gasteiger partial charge in [0.15, 0.2) is 5.75 Å². The van der Waals surface area contributed by atoms with E-state index in [1.165, 1.54) is 18.2 Å². The topological polar surface area (TPSA) is 306 Å². The molecular weight excluding hydrogens is 667 g/mol. The lowest BCUT2D eigenvalue weighted by Gasteiger charge is -2.13. The first-order valence-electron chi connectivity index (χ1n) is 12.5. The van der Waals surface area contributed by atoms with Crippen LogP contribution in [0.25, 0.3) is 21.5 Å². The first-order chi connectivity index (χ1) is 21.2. The average molecular weight is 692 g/mol. The zero-order valence-corrected chi connectivity index (χ0v) is 25.8. The van der Waals surface area contributed by atoms with Crippen molar-refractivity contribution in [2.75, 3.05) is 17.2 Å². The Labute approximate surface area is 261 Å². The summed E-state index contributed by atoms with van der Waals surface area (Å²) in [5, 5.41) is 27.2. The van der Waals surface area contributed by atoms with Crippen molar-refractivity contribution >= 4 is 80.3 Å². The fourth-order valence-corrected chi connectivity index (χ4v) is 6.25. The Morgan fingerprint density at radius 3 is 1.72 bits per heavy atom. The zero-order valence-electron chi connectivity index (χ0n) is 23.4. The van der Waals surface area contributed by atoms with Crippen LogP contribution < -0.4 is 17.2 Å². The number of hydrogen-bond donors (Lipinski definition) is 8. The van der Waals surface area contributed by atoms with Gasteiger partial charge in [-0.15, -0.1) is 10.2 Å². The third-order valence-corrected chi connectivity index (χ3v) is 9.16. The highest BCUT2D eigenvalue weighted by Gasteiger charge is 2.26. The summed E-state index contributed by atoms with van der Waals surface area (Å²) in [5.74, 6) is -0.678. The monoisotopic (exact) mass is 691 g/mol. The van der Waals surface area contributed by atoms with Crippen LogP contribution in [0.2, 0.25) is 0 Å². The molecule has 46 heavy (non-hydrogen) atoms. The Morgan fingerprint density at radius 2 is 1.15 bits per heavy atom. The molecule has 242 valence electrons. The van der Waals surface area contributed by atoms with Gasteiger partial charge in [-0.25, -0.2) is 0 Å². The van der Waals surface area contributed by atoms with Gasteiger partial charge in [-0.2, -0.15) is 25.3 Å². The number of phenols is 2. The first kappa shape index (κ1) is 33.8. The summed E-state index contributed by atoms with van der Waals surface area (Å²) < 4.78 is 98.6. The van der Waals surface area contributed by atoms with E-state index in [1.807, 2.05) is 13.0 Å². The first-order valence-corrected chi connectivity index (χ1v) is 16.8. The summed E-state index contributed by atoms with van der Waals surface area (Å²) in [6.45, 7) is 1.90. The maximum atomic E-state index is 11.8. The number of aromatic hydroxyl groups is 2.